The summed E-state index contributed by atoms with van der Waals surface area (Å²) in [6.45, 7) is 4.60. The number of hydrogen-bond acceptors (Lipinski definition) is 0. The first-order valence-corrected chi connectivity index (χ1v) is 7.75. The van der Waals surface area contributed by atoms with Gasteiger partial charge in [-0.25, -0.2) is 5.32 Å². The van der Waals surface area contributed by atoms with Crippen molar-refractivity contribution in [2.24, 2.45) is 0 Å². The van der Waals surface area contributed by atoms with Gasteiger partial charge < -0.3 is 0 Å². The summed E-state index contributed by atoms with van der Waals surface area (Å²) in [5, 5.41) is 4.86. The maximum atomic E-state index is 4.86. The van der Waals surface area contributed by atoms with E-state index in [0.717, 1.165) is 5.69 Å². The van der Waals surface area contributed by atoms with Crippen molar-refractivity contribution < 1.29 is 0 Å². The van der Waals surface area contributed by atoms with Gasteiger partial charge in [-0.1, -0.05) is 69.5 Å². The lowest BCUT2D eigenvalue weighted by molar-refractivity contribution is 0.598. The Kier molecular flexibility index (Phi) is 3.77. The molecule has 1 unspecified atom stereocenters. The number of fused-ring (bicyclic) bond motifs is 3. The van der Waals surface area contributed by atoms with Gasteiger partial charge in [0.05, 0.1) is 11.4 Å². The van der Waals surface area contributed by atoms with Crippen molar-refractivity contribution in [3.05, 3.63) is 48.0 Å². The summed E-state index contributed by atoms with van der Waals surface area (Å²) in [4.78, 5) is 0. The first kappa shape index (κ1) is 13.2. The zero-order valence-corrected chi connectivity index (χ0v) is 12.4. The quantitative estimate of drug-likeness (QED) is 0.508. The van der Waals surface area contributed by atoms with Crippen LogP contribution < -0.4 is 5.32 Å². The summed E-state index contributed by atoms with van der Waals surface area (Å²) in [6, 6.07) is 15.1. The molecule has 0 aromatic heterocycles. The molecule has 0 saturated carbocycles. The Morgan fingerprint density at radius 3 is 2.60 bits per heavy atom. The molecule has 1 aliphatic heterocycles. The first-order valence-electron chi connectivity index (χ1n) is 7.75. The van der Waals surface area contributed by atoms with E-state index in [0.29, 0.717) is 5.92 Å². The second-order valence-corrected chi connectivity index (χ2v) is 5.77. The molecule has 0 amide bonds. The van der Waals surface area contributed by atoms with Crippen molar-refractivity contribution in [2.75, 3.05) is 0 Å². The van der Waals surface area contributed by atoms with E-state index in [1.165, 1.54) is 48.1 Å². The molecule has 0 spiro atoms. The summed E-state index contributed by atoms with van der Waals surface area (Å²) in [5.74, 6) is 0.592. The largest absolute Gasteiger partial charge is 0.247 e. The minimum absolute atomic E-state index is 0.592. The highest BCUT2D eigenvalue weighted by molar-refractivity contribution is 5.92. The lowest BCUT2D eigenvalue weighted by Gasteiger charge is -2.15. The highest BCUT2D eigenvalue weighted by atomic mass is 14.9. The third-order valence-electron chi connectivity index (χ3n) is 4.27. The normalized spacial score (nSPS) is 13.5. The fraction of sp³-hybridized carbons (Fsp3) is 0.368. The van der Waals surface area contributed by atoms with Gasteiger partial charge in [-0.3, -0.25) is 0 Å². The summed E-state index contributed by atoms with van der Waals surface area (Å²) >= 11 is 0. The number of benzene rings is 2. The van der Waals surface area contributed by atoms with Gasteiger partial charge >= 0.3 is 0 Å². The van der Waals surface area contributed by atoms with E-state index >= 15 is 0 Å². The minimum Gasteiger partial charge on any atom is -0.247 e. The van der Waals surface area contributed by atoms with Crippen molar-refractivity contribution in [2.45, 2.75) is 45.4 Å². The van der Waals surface area contributed by atoms with Gasteiger partial charge in [0.2, 0.25) is 0 Å². The van der Waals surface area contributed by atoms with Crippen LogP contribution in [0.5, 0.6) is 0 Å². The molecule has 1 heteroatoms. The van der Waals surface area contributed by atoms with Crippen LogP contribution in [0.4, 0.5) is 11.4 Å². The summed E-state index contributed by atoms with van der Waals surface area (Å²) < 4.78 is 0. The predicted octanol–water partition coefficient (Wildman–Crippen LogP) is 5.92. The van der Waals surface area contributed by atoms with Gasteiger partial charge in [-0.2, -0.15) is 0 Å². The molecule has 1 atom stereocenters. The SMILES string of the molecule is CCCCCC(C)c1cccc2c1[N]c1ccccc1-2. The first-order chi connectivity index (χ1) is 9.81. The Morgan fingerprint density at radius 1 is 0.950 bits per heavy atom. The molecule has 0 fully saturated rings. The van der Waals surface area contributed by atoms with Crippen molar-refractivity contribution in [1.29, 1.82) is 0 Å². The predicted molar refractivity (Wildman–Crippen MR) is 85.9 cm³/mol. The average molecular weight is 264 g/mol. The summed E-state index contributed by atoms with van der Waals surface area (Å²) in [6.07, 6.45) is 5.19. The van der Waals surface area contributed by atoms with Gasteiger partial charge in [0.1, 0.15) is 0 Å². The molecule has 0 saturated heterocycles. The van der Waals surface area contributed by atoms with E-state index in [-0.39, 0.29) is 0 Å². The van der Waals surface area contributed by atoms with Crippen LogP contribution in [-0.2, 0) is 0 Å². The molecule has 0 aliphatic carbocycles. The van der Waals surface area contributed by atoms with Gasteiger partial charge in [-0.05, 0) is 24.0 Å². The van der Waals surface area contributed by atoms with E-state index in [1.807, 2.05) is 0 Å². The second kappa shape index (κ2) is 5.70. The topological polar surface area (TPSA) is 14.1 Å². The van der Waals surface area contributed by atoms with Crippen LogP contribution in [0.25, 0.3) is 11.1 Å². The van der Waals surface area contributed by atoms with Crippen molar-refractivity contribution in [3.63, 3.8) is 0 Å². The van der Waals surface area contributed by atoms with E-state index in [9.17, 15) is 0 Å². The van der Waals surface area contributed by atoms with Crippen molar-refractivity contribution in [1.82, 2.24) is 5.32 Å². The average Bonchev–Trinajstić information content (AvgIpc) is 2.86. The Bertz CT molecular complexity index is 600. The van der Waals surface area contributed by atoms with Gasteiger partial charge in [-0.15, -0.1) is 0 Å². The monoisotopic (exact) mass is 264 g/mol. The molecule has 0 bridgehead atoms. The molecule has 103 valence electrons. The lowest BCUT2D eigenvalue weighted by atomic mass is 9.91. The van der Waals surface area contributed by atoms with Crippen molar-refractivity contribution in [3.8, 4) is 11.1 Å². The molecule has 3 rings (SSSR count). The Balaban J connectivity index is 1.89. The molecular formula is C19H22N. The van der Waals surface area contributed by atoms with E-state index in [4.69, 9.17) is 5.32 Å². The molecule has 2 aromatic carbocycles. The number of unbranched alkanes of at least 4 members (excludes halogenated alkanes) is 2. The highest BCUT2D eigenvalue weighted by Crippen LogP contribution is 2.46. The molecule has 20 heavy (non-hydrogen) atoms. The number of nitrogens with zero attached hydrogens (tertiary/aromatic N) is 1. The molecule has 2 aromatic rings. The fourth-order valence-corrected chi connectivity index (χ4v) is 3.08. The molecule has 1 radical (unpaired) electrons. The molecule has 1 nitrogen and oxygen atoms in total. The van der Waals surface area contributed by atoms with Crippen LogP contribution in [0.15, 0.2) is 42.5 Å². The van der Waals surface area contributed by atoms with Gasteiger partial charge in [0.15, 0.2) is 0 Å². The van der Waals surface area contributed by atoms with E-state index in [1.54, 1.807) is 0 Å². The molecule has 1 heterocycles. The Morgan fingerprint density at radius 2 is 1.75 bits per heavy atom. The maximum absolute atomic E-state index is 4.86. The zero-order valence-electron chi connectivity index (χ0n) is 12.4. The van der Waals surface area contributed by atoms with Crippen LogP contribution in [0.1, 0.15) is 51.0 Å². The standard InChI is InChI=1S/C19H22N/c1-3-4-5-9-14(2)15-11-8-12-17-16-10-6-7-13-18(16)20-19(15)17/h6-8,10-14H,3-5,9H2,1-2H3. The third kappa shape index (κ3) is 2.33. The summed E-state index contributed by atoms with van der Waals surface area (Å²) in [7, 11) is 0. The Hall–Kier alpha value is -1.76. The van der Waals surface area contributed by atoms with Crippen LogP contribution in [0.2, 0.25) is 0 Å². The van der Waals surface area contributed by atoms with Crippen LogP contribution in [-0.4, -0.2) is 0 Å². The lowest BCUT2D eigenvalue weighted by Crippen LogP contribution is -1.98. The van der Waals surface area contributed by atoms with Crippen LogP contribution in [0.3, 0.4) is 0 Å². The van der Waals surface area contributed by atoms with E-state index in [2.05, 4.69) is 56.3 Å². The third-order valence-corrected chi connectivity index (χ3v) is 4.27. The Labute approximate surface area is 122 Å². The highest BCUT2D eigenvalue weighted by Gasteiger charge is 2.23. The summed E-state index contributed by atoms with van der Waals surface area (Å²) in [5.41, 5.74) is 6.33. The van der Waals surface area contributed by atoms with Gasteiger partial charge in [0, 0.05) is 11.1 Å². The number of para-hydroxylation sites is 2. The minimum atomic E-state index is 0.592. The zero-order chi connectivity index (χ0) is 13.9. The molecular weight excluding hydrogens is 242 g/mol. The number of hydrogen-bond donors (Lipinski definition) is 0. The van der Waals surface area contributed by atoms with Gasteiger partial charge in [0.25, 0.3) is 0 Å². The van der Waals surface area contributed by atoms with Crippen molar-refractivity contribution >= 4 is 11.4 Å². The van der Waals surface area contributed by atoms with Crippen LogP contribution >= 0.6 is 0 Å². The maximum Gasteiger partial charge on any atom is 0.0750 e. The fourth-order valence-electron chi connectivity index (χ4n) is 3.08. The van der Waals surface area contributed by atoms with Crippen LogP contribution in [0, 0.1) is 0 Å². The molecule has 0 N–H and O–H groups in total. The smallest absolute Gasteiger partial charge is 0.0750 e. The number of rotatable bonds is 5. The molecule has 1 aliphatic rings. The second-order valence-electron chi connectivity index (χ2n) is 5.77. The van der Waals surface area contributed by atoms with E-state index < -0.39 is 0 Å².